The van der Waals surface area contributed by atoms with Gasteiger partial charge in [-0.15, -0.1) is 0 Å². The molecule has 1 fully saturated rings. The minimum absolute atomic E-state index is 0.0872. The minimum Gasteiger partial charge on any atom is -0.273 e. The van der Waals surface area contributed by atoms with E-state index in [0.29, 0.717) is 11.3 Å². The average Bonchev–Trinajstić information content (AvgIpc) is 2.53. The van der Waals surface area contributed by atoms with Gasteiger partial charge in [-0.3, -0.25) is 14.9 Å². The summed E-state index contributed by atoms with van der Waals surface area (Å²) in [5.74, 6) is -1.35. The molecule has 3 rings (SSSR count). The molecule has 0 radical (unpaired) electrons. The van der Waals surface area contributed by atoms with E-state index in [1.807, 2.05) is 12.1 Å². The number of benzene rings is 2. The average molecular weight is 497 g/mol. The van der Waals surface area contributed by atoms with Gasteiger partial charge in [-0.2, -0.15) is 0 Å². The number of imide groups is 2. The first kappa shape index (κ1) is 16.8. The van der Waals surface area contributed by atoms with Crippen LogP contribution >= 0.6 is 38.5 Å². The maximum Gasteiger partial charge on any atom is 0.335 e. The van der Waals surface area contributed by atoms with Gasteiger partial charge in [0.2, 0.25) is 0 Å². The molecule has 0 unspecified atom stereocenters. The number of carbonyl (C=O) groups excluding carboxylic acids is 3. The maximum atomic E-state index is 12.7. The molecule has 120 valence electrons. The maximum absolute atomic E-state index is 12.7. The molecule has 1 aliphatic rings. The topological polar surface area (TPSA) is 66.5 Å². The number of anilines is 1. The third-order valence-electron chi connectivity index (χ3n) is 3.35. The summed E-state index contributed by atoms with van der Waals surface area (Å²) in [5, 5.41) is 2.20. The predicted molar refractivity (Wildman–Crippen MR) is 102 cm³/mol. The smallest absolute Gasteiger partial charge is 0.273 e. The number of carbonyl (C=O) groups is 3. The minimum atomic E-state index is -0.761. The third-order valence-corrected chi connectivity index (χ3v) is 4.56. The molecule has 1 aliphatic heterocycles. The number of nitrogens with zero attached hydrogens (tertiary/aromatic N) is 1. The predicted octanol–water partition coefficient (Wildman–Crippen LogP) is 3.72. The first-order valence-corrected chi connectivity index (χ1v) is 8.75. The number of urea groups is 1. The summed E-state index contributed by atoms with van der Waals surface area (Å²) < 4.78 is 1.76. The van der Waals surface area contributed by atoms with Gasteiger partial charge in [0.1, 0.15) is 5.57 Å². The van der Waals surface area contributed by atoms with E-state index < -0.39 is 17.8 Å². The van der Waals surface area contributed by atoms with Gasteiger partial charge in [-0.1, -0.05) is 34.1 Å². The van der Waals surface area contributed by atoms with Crippen molar-refractivity contribution in [3.63, 3.8) is 0 Å². The zero-order chi connectivity index (χ0) is 17.3. The summed E-state index contributed by atoms with van der Waals surface area (Å²) in [6, 6.07) is 13.3. The Hall–Kier alpha value is -2.00. The van der Waals surface area contributed by atoms with E-state index in [4.69, 9.17) is 0 Å². The van der Waals surface area contributed by atoms with Gasteiger partial charge in [-0.25, -0.2) is 9.69 Å². The molecular weight excluding hydrogens is 487 g/mol. The Morgan fingerprint density at radius 3 is 2.42 bits per heavy atom. The number of amides is 4. The number of hydrogen-bond acceptors (Lipinski definition) is 3. The molecule has 5 nitrogen and oxygen atoms in total. The summed E-state index contributed by atoms with van der Waals surface area (Å²) in [4.78, 5) is 37.8. The van der Waals surface area contributed by atoms with Crippen molar-refractivity contribution in [2.75, 3.05) is 4.90 Å². The Balaban J connectivity index is 2.01. The number of rotatable bonds is 2. The van der Waals surface area contributed by atoms with Crippen LogP contribution in [-0.2, 0) is 9.59 Å². The molecule has 0 aromatic heterocycles. The van der Waals surface area contributed by atoms with Crippen LogP contribution < -0.4 is 10.2 Å². The van der Waals surface area contributed by atoms with E-state index in [1.165, 1.54) is 6.08 Å². The van der Waals surface area contributed by atoms with Crippen LogP contribution in [0.15, 0.2) is 58.6 Å². The Morgan fingerprint density at radius 1 is 1.04 bits per heavy atom. The third kappa shape index (κ3) is 3.41. The zero-order valence-corrected chi connectivity index (χ0v) is 15.9. The highest BCUT2D eigenvalue weighted by atomic mass is 127. The molecule has 7 heteroatoms. The highest BCUT2D eigenvalue weighted by Gasteiger charge is 2.36. The van der Waals surface area contributed by atoms with Gasteiger partial charge >= 0.3 is 6.03 Å². The lowest BCUT2D eigenvalue weighted by molar-refractivity contribution is -0.122. The van der Waals surface area contributed by atoms with Crippen LogP contribution in [0.25, 0.3) is 6.08 Å². The van der Waals surface area contributed by atoms with E-state index in [1.54, 1.807) is 36.4 Å². The van der Waals surface area contributed by atoms with Gasteiger partial charge < -0.3 is 0 Å². The molecule has 24 heavy (non-hydrogen) atoms. The standard InChI is InChI=1S/C17H10BrIN2O3/c18-11-2-1-3-13(9-11)21-16(23)14(15(22)20-17(21)24)8-10-4-6-12(19)7-5-10/h1-9H,(H,20,22,24)/b14-8+. The normalized spacial score (nSPS) is 16.5. The van der Waals surface area contributed by atoms with Crippen molar-refractivity contribution in [1.29, 1.82) is 0 Å². The van der Waals surface area contributed by atoms with Crippen LogP contribution in [0.2, 0.25) is 0 Å². The molecule has 0 saturated carbocycles. The summed E-state index contributed by atoms with van der Waals surface area (Å²) in [6.07, 6.45) is 1.48. The summed E-state index contributed by atoms with van der Waals surface area (Å²) >= 11 is 5.47. The molecule has 0 atom stereocenters. The summed E-state index contributed by atoms with van der Waals surface area (Å²) in [5.41, 5.74) is 1.00. The molecule has 1 heterocycles. The molecule has 1 saturated heterocycles. The number of hydrogen-bond donors (Lipinski definition) is 1. The first-order chi connectivity index (χ1) is 11.5. The van der Waals surface area contributed by atoms with Crippen LogP contribution in [0, 0.1) is 3.57 Å². The second-order valence-corrected chi connectivity index (χ2v) is 7.15. The van der Waals surface area contributed by atoms with E-state index in [9.17, 15) is 14.4 Å². The summed E-state index contributed by atoms with van der Waals surface area (Å²) in [6.45, 7) is 0. The number of barbiturate groups is 1. The summed E-state index contributed by atoms with van der Waals surface area (Å²) in [7, 11) is 0. The van der Waals surface area contributed by atoms with Crippen molar-refractivity contribution in [2.45, 2.75) is 0 Å². The molecule has 0 bridgehead atoms. The number of nitrogens with one attached hydrogen (secondary N) is 1. The van der Waals surface area contributed by atoms with Crippen LogP contribution in [0.5, 0.6) is 0 Å². The van der Waals surface area contributed by atoms with Crippen molar-refractivity contribution in [3.8, 4) is 0 Å². The molecule has 2 aromatic carbocycles. The molecule has 0 spiro atoms. The fourth-order valence-corrected chi connectivity index (χ4v) is 2.98. The molecule has 4 amide bonds. The molecule has 1 N–H and O–H groups in total. The van der Waals surface area contributed by atoms with E-state index in [2.05, 4.69) is 43.8 Å². The van der Waals surface area contributed by atoms with Crippen LogP contribution in [0.4, 0.5) is 10.5 Å². The van der Waals surface area contributed by atoms with E-state index in [0.717, 1.165) is 12.9 Å². The Bertz CT molecular complexity index is 878. The van der Waals surface area contributed by atoms with Crippen molar-refractivity contribution < 1.29 is 14.4 Å². The van der Waals surface area contributed by atoms with Crippen molar-refractivity contribution in [2.24, 2.45) is 0 Å². The second kappa shape index (κ2) is 6.86. The van der Waals surface area contributed by atoms with Crippen LogP contribution in [-0.4, -0.2) is 17.8 Å². The van der Waals surface area contributed by atoms with Crippen LogP contribution in [0.1, 0.15) is 5.56 Å². The number of halogens is 2. The van der Waals surface area contributed by atoms with Gasteiger partial charge in [0.15, 0.2) is 0 Å². The SMILES string of the molecule is O=C1NC(=O)N(c2cccc(Br)c2)C(=O)/C1=C/c1ccc(I)cc1. The van der Waals surface area contributed by atoms with E-state index in [-0.39, 0.29) is 5.57 Å². The van der Waals surface area contributed by atoms with Gasteiger partial charge in [0.25, 0.3) is 11.8 Å². The first-order valence-electron chi connectivity index (χ1n) is 6.88. The second-order valence-electron chi connectivity index (χ2n) is 4.99. The van der Waals surface area contributed by atoms with Crippen molar-refractivity contribution in [1.82, 2.24) is 5.32 Å². The molecular formula is C17H10BrIN2O3. The van der Waals surface area contributed by atoms with Gasteiger partial charge in [-0.05, 0) is 64.6 Å². The lowest BCUT2D eigenvalue weighted by Gasteiger charge is -2.26. The largest absolute Gasteiger partial charge is 0.335 e. The van der Waals surface area contributed by atoms with Gasteiger partial charge in [0, 0.05) is 8.04 Å². The Morgan fingerprint density at radius 2 is 1.75 bits per heavy atom. The van der Waals surface area contributed by atoms with Crippen molar-refractivity contribution >= 4 is 68.1 Å². The van der Waals surface area contributed by atoms with E-state index >= 15 is 0 Å². The van der Waals surface area contributed by atoms with Crippen LogP contribution in [0.3, 0.4) is 0 Å². The Labute approximate surface area is 160 Å². The fourth-order valence-electron chi connectivity index (χ4n) is 2.23. The monoisotopic (exact) mass is 496 g/mol. The molecule has 0 aliphatic carbocycles. The highest BCUT2D eigenvalue weighted by Crippen LogP contribution is 2.24. The molecule has 2 aromatic rings. The van der Waals surface area contributed by atoms with Crippen molar-refractivity contribution in [3.05, 3.63) is 67.7 Å². The quantitative estimate of drug-likeness (QED) is 0.391. The zero-order valence-electron chi connectivity index (χ0n) is 12.1. The lowest BCUT2D eigenvalue weighted by Crippen LogP contribution is -2.54. The highest BCUT2D eigenvalue weighted by molar-refractivity contribution is 14.1. The van der Waals surface area contributed by atoms with Gasteiger partial charge in [0.05, 0.1) is 5.69 Å². The fraction of sp³-hybridized carbons (Fsp3) is 0. The lowest BCUT2D eigenvalue weighted by atomic mass is 10.1. The Kier molecular flexibility index (Phi) is 4.81.